The normalized spacial score (nSPS) is 10.9. The van der Waals surface area contributed by atoms with Crippen LogP contribution in [0.4, 0.5) is 0 Å². The minimum absolute atomic E-state index is 0.389. The molecule has 96 valence electrons. The minimum atomic E-state index is 0.389. The molecule has 1 aromatic carbocycles. The molecule has 0 atom stereocenters. The van der Waals surface area contributed by atoms with Gasteiger partial charge in [0.15, 0.2) is 5.82 Å². The van der Waals surface area contributed by atoms with Gasteiger partial charge in [-0.25, -0.2) is 0 Å². The van der Waals surface area contributed by atoms with Gasteiger partial charge in [0.05, 0.1) is 5.88 Å². The van der Waals surface area contributed by atoms with E-state index in [9.17, 15) is 0 Å². The molecule has 0 unspecified atom stereocenters. The molecule has 0 amide bonds. The van der Waals surface area contributed by atoms with E-state index in [0.717, 1.165) is 34.7 Å². The van der Waals surface area contributed by atoms with Crippen LogP contribution in [0.15, 0.2) is 22.7 Å². The highest BCUT2D eigenvalue weighted by Gasteiger charge is 2.13. The fourth-order valence-electron chi connectivity index (χ4n) is 1.84. The first-order valence-corrected chi connectivity index (χ1v) is 7.24. The number of aryl methyl sites for hydroxylation is 1. The van der Waals surface area contributed by atoms with E-state index in [0.29, 0.717) is 5.88 Å². The van der Waals surface area contributed by atoms with E-state index in [1.165, 1.54) is 5.56 Å². The number of rotatable bonds is 4. The molecular formula is C13H15BrClN3. The van der Waals surface area contributed by atoms with E-state index >= 15 is 0 Å². The number of halogens is 2. The molecule has 2 rings (SSSR count). The quantitative estimate of drug-likeness (QED) is 0.789. The predicted molar refractivity (Wildman–Crippen MR) is 77.7 cm³/mol. The Balaban J connectivity index is 2.49. The lowest BCUT2D eigenvalue weighted by atomic mass is 10.1. The van der Waals surface area contributed by atoms with Crippen molar-refractivity contribution in [1.29, 1.82) is 0 Å². The average Bonchev–Trinajstić information content (AvgIpc) is 2.76. The topological polar surface area (TPSA) is 30.7 Å². The van der Waals surface area contributed by atoms with E-state index in [-0.39, 0.29) is 0 Å². The van der Waals surface area contributed by atoms with Gasteiger partial charge < -0.3 is 4.57 Å². The van der Waals surface area contributed by atoms with Crippen molar-refractivity contribution in [2.75, 3.05) is 0 Å². The van der Waals surface area contributed by atoms with E-state index < -0.39 is 0 Å². The number of hydrogen-bond acceptors (Lipinski definition) is 2. The second-order valence-electron chi connectivity index (χ2n) is 4.19. The molecule has 0 aliphatic rings. The van der Waals surface area contributed by atoms with Gasteiger partial charge in [0, 0.05) is 16.6 Å². The molecule has 5 heteroatoms. The second-order valence-corrected chi connectivity index (χ2v) is 5.31. The van der Waals surface area contributed by atoms with Crippen LogP contribution in [0.2, 0.25) is 0 Å². The monoisotopic (exact) mass is 327 g/mol. The summed E-state index contributed by atoms with van der Waals surface area (Å²) in [6, 6.07) is 6.21. The van der Waals surface area contributed by atoms with Gasteiger partial charge in [0.2, 0.25) is 0 Å². The summed E-state index contributed by atoms with van der Waals surface area (Å²) >= 11 is 9.44. The first kappa shape index (κ1) is 13.6. The van der Waals surface area contributed by atoms with Crippen LogP contribution in [0.1, 0.15) is 24.7 Å². The smallest absolute Gasteiger partial charge is 0.164 e. The Morgan fingerprint density at radius 2 is 2.11 bits per heavy atom. The number of benzene rings is 1. The fraction of sp³-hybridized carbons (Fsp3) is 0.385. The van der Waals surface area contributed by atoms with Crippen molar-refractivity contribution < 1.29 is 0 Å². The molecule has 0 fully saturated rings. The van der Waals surface area contributed by atoms with Crippen LogP contribution < -0.4 is 0 Å². The van der Waals surface area contributed by atoms with Crippen LogP contribution in [-0.2, 0) is 12.4 Å². The number of nitrogens with zero attached hydrogens (tertiary/aromatic N) is 3. The van der Waals surface area contributed by atoms with Gasteiger partial charge in [0.25, 0.3) is 0 Å². The molecule has 2 aromatic rings. The number of alkyl halides is 1. The second kappa shape index (κ2) is 5.85. The van der Waals surface area contributed by atoms with Gasteiger partial charge in [-0.15, -0.1) is 21.8 Å². The minimum Gasteiger partial charge on any atom is -0.310 e. The lowest BCUT2D eigenvalue weighted by molar-refractivity contribution is 0.659. The molecule has 0 bridgehead atoms. The molecule has 0 N–H and O–H groups in total. The lowest BCUT2D eigenvalue weighted by Gasteiger charge is -2.08. The van der Waals surface area contributed by atoms with E-state index in [1.807, 2.05) is 0 Å². The van der Waals surface area contributed by atoms with Crippen LogP contribution in [-0.4, -0.2) is 14.8 Å². The summed E-state index contributed by atoms with van der Waals surface area (Å²) < 4.78 is 3.17. The van der Waals surface area contributed by atoms with Crippen LogP contribution in [0.25, 0.3) is 11.4 Å². The van der Waals surface area contributed by atoms with Crippen molar-refractivity contribution >= 4 is 27.5 Å². The molecule has 0 saturated carbocycles. The Kier molecular flexibility index (Phi) is 4.40. The van der Waals surface area contributed by atoms with Gasteiger partial charge in [-0.3, -0.25) is 0 Å². The molecule has 0 radical (unpaired) electrons. The van der Waals surface area contributed by atoms with Crippen molar-refractivity contribution in [2.24, 2.45) is 0 Å². The van der Waals surface area contributed by atoms with E-state index in [1.54, 1.807) is 0 Å². The molecular weight excluding hydrogens is 314 g/mol. The number of aromatic nitrogens is 3. The van der Waals surface area contributed by atoms with Gasteiger partial charge in [-0.2, -0.15) is 0 Å². The lowest BCUT2D eigenvalue weighted by Crippen LogP contribution is -2.04. The third-order valence-corrected chi connectivity index (χ3v) is 3.92. The van der Waals surface area contributed by atoms with Gasteiger partial charge in [0.1, 0.15) is 5.82 Å². The molecule has 0 saturated heterocycles. The molecule has 1 aromatic heterocycles. The fourth-order valence-corrected chi connectivity index (χ4v) is 2.41. The molecule has 18 heavy (non-hydrogen) atoms. The Hall–Kier alpha value is -0.870. The highest BCUT2D eigenvalue weighted by molar-refractivity contribution is 9.10. The largest absolute Gasteiger partial charge is 0.310 e. The summed E-state index contributed by atoms with van der Waals surface area (Å²) in [6.45, 7) is 5.08. The third-order valence-electron chi connectivity index (χ3n) is 2.82. The Morgan fingerprint density at radius 1 is 1.33 bits per heavy atom. The first-order valence-electron chi connectivity index (χ1n) is 5.92. The van der Waals surface area contributed by atoms with Gasteiger partial charge >= 0.3 is 0 Å². The summed E-state index contributed by atoms with van der Waals surface area (Å²) in [6.07, 6.45) is 1.03. The maximum Gasteiger partial charge on any atom is 0.164 e. The zero-order valence-electron chi connectivity index (χ0n) is 10.5. The van der Waals surface area contributed by atoms with Gasteiger partial charge in [-0.05, 0) is 25.0 Å². The maximum atomic E-state index is 5.89. The molecule has 3 nitrogen and oxygen atoms in total. The SMILES string of the molecule is CCCn1c(CCl)nnc1-c1ccc(C)c(Br)c1. The molecule has 0 aliphatic carbocycles. The summed E-state index contributed by atoms with van der Waals surface area (Å²) in [7, 11) is 0. The molecule has 1 heterocycles. The van der Waals surface area contributed by atoms with Crippen LogP contribution in [0, 0.1) is 6.92 Å². The zero-order valence-corrected chi connectivity index (χ0v) is 12.8. The molecule has 0 spiro atoms. The Labute approximate surface area is 120 Å². The average molecular weight is 329 g/mol. The van der Waals surface area contributed by atoms with Crippen molar-refractivity contribution in [2.45, 2.75) is 32.7 Å². The van der Waals surface area contributed by atoms with Crippen LogP contribution in [0.3, 0.4) is 0 Å². The van der Waals surface area contributed by atoms with Crippen molar-refractivity contribution in [3.63, 3.8) is 0 Å². The Bertz CT molecular complexity index is 551. The highest BCUT2D eigenvalue weighted by atomic mass is 79.9. The maximum absolute atomic E-state index is 5.89. The number of hydrogen-bond donors (Lipinski definition) is 0. The van der Waals surface area contributed by atoms with Crippen LogP contribution >= 0.6 is 27.5 Å². The molecule has 0 aliphatic heterocycles. The summed E-state index contributed by atoms with van der Waals surface area (Å²) in [4.78, 5) is 0. The van der Waals surface area contributed by atoms with Gasteiger partial charge in [-0.1, -0.05) is 35.0 Å². The standard InChI is InChI=1S/C13H15BrClN3/c1-3-6-18-12(8-15)16-17-13(18)10-5-4-9(2)11(14)7-10/h4-5,7H,3,6,8H2,1-2H3. The van der Waals surface area contributed by atoms with E-state index in [4.69, 9.17) is 11.6 Å². The summed E-state index contributed by atoms with van der Waals surface area (Å²) in [5.41, 5.74) is 2.27. The van der Waals surface area contributed by atoms with Crippen LogP contribution in [0.5, 0.6) is 0 Å². The third kappa shape index (κ3) is 2.59. The van der Waals surface area contributed by atoms with Crippen molar-refractivity contribution in [3.8, 4) is 11.4 Å². The predicted octanol–water partition coefficient (Wildman–Crippen LogP) is 4.16. The first-order chi connectivity index (χ1) is 8.67. The summed E-state index contributed by atoms with van der Waals surface area (Å²) in [5.74, 6) is 2.10. The Morgan fingerprint density at radius 3 is 2.72 bits per heavy atom. The summed E-state index contributed by atoms with van der Waals surface area (Å²) in [5, 5.41) is 8.40. The van der Waals surface area contributed by atoms with Crippen molar-refractivity contribution in [1.82, 2.24) is 14.8 Å². The van der Waals surface area contributed by atoms with E-state index in [2.05, 4.69) is 62.7 Å². The van der Waals surface area contributed by atoms with Crippen molar-refractivity contribution in [3.05, 3.63) is 34.1 Å². The zero-order chi connectivity index (χ0) is 13.1. The highest BCUT2D eigenvalue weighted by Crippen LogP contribution is 2.25.